The minimum Gasteiger partial charge on any atom is -0.469 e. The Balaban J connectivity index is 1.75. The molecule has 1 N–H and O–H groups in total. The van der Waals surface area contributed by atoms with E-state index in [1.54, 1.807) is 23.1 Å². The van der Waals surface area contributed by atoms with E-state index in [9.17, 15) is 22.8 Å². The highest BCUT2D eigenvalue weighted by molar-refractivity contribution is 7.89. The summed E-state index contributed by atoms with van der Waals surface area (Å²) in [6.45, 7) is 0.588. The van der Waals surface area contributed by atoms with Crippen LogP contribution < -0.4 is 4.72 Å². The SMILES string of the molecule is COC(=O)C1CCN(C2=C(NS(=O)(=O)c3ccc(Cl)cc3)C(=O)c3ccccc3C2=O)CC1. The number of carbonyl (C=O) groups excluding carboxylic acids is 3. The van der Waals surface area contributed by atoms with Crippen molar-refractivity contribution in [3.63, 3.8) is 0 Å². The first-order chi connectivity index (χ1) is 15.7. The summed E-state index contributed by atoms with van der Waals surface area (Å²) in [5.41, 5.74) is 0.0243. The molecule has 0 aromatic heterocycles. The summed E-state index contributed by atoms with van der Waals surface area (Å²) in [6.07, 6.45) is 0.826. The first-order valence-corrected chi connectivity index (χ1v) is 12.1. The zero-order valence-corrected chi connectivity index (χ0v) is 19.3. The fourth-order valence-corrected chi connectivity index (χ4v) is 5.27. The quantitative estimate of drug-likeness (QED) is 0.644. The van der Waals surface area contributed by atoms with Crippen molar-refractivity contribution in [3.05, 3.63) is 76.1 Å². The fraction of sp³-hybridized carbons (Fsp3) is 0.261. The predicted octanol–water partition coefficient (Wildman–Crippen LogP) is 2.79. The lowest BCUT2D eigenvalue weighted by Gasteiger charge is -2.36. The molecule has 4 rings (SSSR count). The zero-order chi connectivity index (χ0) is 23.8. The number of esters is 1. The number of carbonyl (C=O) groups is 3. The molecule has 0 amide bonds. The van der Waals surface area contributed by atoms with Crippen molar-refractivity contribution in [3.8, 4) is 0 Å². The van der Waals surface area contributed by atoms with E-state index < -0.39 is 21.6 Å². The normalized spacial score (nSPS) is 17.1. The number of Topliss-reactive ketones (excluding diaryl/α,β-unsaturated/α-hetero) is 2. The van der Waals surface area contributed by atoms with Gasteiger partial charge in [-0.3, -0.25) is 19.1 Å². The van der Waals surface area contributed by atoms with E-state index in [0.29, 0.717) is 31.0 Å². The van der Waals surface area contributed by atoms with E-state index in [-0.39, 0.29) is 39.3 Å². The van der Waals surface area contributed by atoms with E-state index >= 15 is 0 Å². The Hall–Kier alpha value is -3.17. The molecule has 1 aliphatic heterocycles. The van der Waals surface area contributed by atoms with Crippen molar-refractivity contribution >= 4 is 39.2 Å². The maximum Gasteiger partial charge on any atom is 0.308 e. The van der Waals surface area contributed by atoms with Gasteiger partial charge in [-0.15, -0.1) is 0 Å². The molecule has 33 heavy (non-hydrogen) atoms. The van der Waals surface area contributed by atoms with Crippen LogP contribution in [0.3, 0.4) is 0 Å². The number of likely N-dealkylation sites (tertiary alicyclic amines) is 1. The summed E-state index contributed by atoms with van der Waals surface area (Å²) < 4.78 is 33.3. The third-order valence-electron chi connectivity index (χ3n) is 5.80. The molecule has 2 aromatic carbocycles. The van der Waals surface area contributed by atoms with Gasteiger partial charge in [0, 0.05) is 29.2 Å². The Kier molecular flexibility index (Phi) is 6.27. The molecule has 0 saturated carbocycles. The van der Waals surface area contributed by atoms with Crippen LogP contribution in [0.15, 0.2) is 64.8 Å². The molecule has 0 unspecified atom stereocenters. The standard InChI is InChI=1S/C23H21ClN2O6S/c1-32-23(29)14-10-12-26(13-11-14)20-19(21(27)17-4-2-3-5-18(17)22(20)28)25-33(30,31)16-8-6-15(24)7-9-16/h2-9,14,25H,10-13H2,1H3. The largest absolute Gasteiger partial charge is 0.469 e. The average molecular weight is 489 g/mol. The summed E-state index contributed by atoms with van der Waals surface area (Å²) in [5, 5.41) is 0.361. The van der Waals surface area contributed by atoms with Gasteiger partial charge in [-0.2, -0.15) is 0 Å². The molecule has 0 spiro atoms. The highest BCUT2D eigenvalue weighted by atomic mass is 35.5. The van der Waals surface area contributed by atoms with Crippen LogP contribution in [0.2, 0.25) is 5.02 Å². The van der Waals surface area contributed by atoms with E-state index in [0.717, 1.165) is 0 Å². The number of allylic oxidation sites excluding steroid dienone is 2. The van der Waals surface area contributed by atoms with Crippen molar-refractivity contribution in [2.24, 2.45) is 5.92 Å². The van der Waals surface area contributed by atoms with E-state index in [1.165, 1.54) is 37.4 Å². The lowest BCUT2D eigenvalue weighted by Crippen LogP contribution is -2.44. The Morgan fingerprint density at radius 1 is 1.00 bits per heavy atom. The van der Waals surface area contributed by atoms with Gasteiger partial charge in [0.2, 0.25) is 11.6 Å². The summed E-state index contributed by atoms with van der Waals surface area (Å²) >= 11 is 5.86. The van der Waals surface area contributed by atoms with Gasteiger partial charge < -0.3 is 9.64 Å². The minimum atomic E-state index is -4.18. The number of hydrogen-bond acceptors (Lipinski definition) is 7. The van der Waals surface area contributed by atoms with Crippen LogP contribution in [0.5, 0.6) is 0 Å². The van der Waals surface area contributed by atoms with Crippen LogP contribution in [0.1, 0.15) is 33.6 Å². The number of halogens is 1. The number of nitrogens with zero attached hydrogens (tertiary/aromatic N) is 1. The van der Waals surface area contributed by atoms with Crippen molar-refractivity contribution in [1.82, 2.24) is 9.62 Å². The number of ether oxygens (including phenoxy) is 1. The number of rotatable bonds is 5. The molecule has 2 aliphatic rings. The van der Waals surface area contributed by atoms with Gasteiger partial charge >= 0.3 is 5.97 Å². The van der Waals surface area contributed by atoms with Crippen LogP contribution in [-0.2, 0) is 19.6 Å². The van der Waals surface area contributed by atoms with Gasteiger partial charge in [0.05, 0.1) is 17.9 Å². The molecule has 0 atom stereocenters. The van der Waals surface area contributed by atoms with E-state index in [1.807, 2.05) is 0 Å². The van der Waals surface area contributed by atoms with Gasteiger partial charge in [-0.25, -0.2) is 8.42 Å². The molecule has 1 fully saturated rings. The number of ketones is 2. The number of benzene rings is 2. The summed E-state index contributed by atoms with van der Waals surface area (Å²) in [5.74, 6) is -1.69. The number of sulfonamides is 1. The van der Waals surface area contributed by atoms with E-state index in [2.05, 4.69) is 4.72 Å². The first-order valence-electron chi connectivity index (χ1n) is 10.3. The molecular weight excluding hydrogens is 468 g/mol. The molecule has 1 saturated heterocycles. The van der Waals surface area contributed by atoms with Gasteiger partial charge in [-0.05, 0) is 37.1 Å². The fourth-order valence-electron chi connectivity index (χ4n) is 4.07. The smallest absolute Gasteiger partial charge is 0.308 e. The summed E-state index contributed by atoms with van der Waals surface area (Å²) in [7, 11) is -2.86. The highest BCUT2D eigenvalue weighted by Gasteiger charge is 2.39. The molecule has 0 bridgehead atoms. The predicted molar refractivity (Wildman–Crippen MR) is 120 cm³/mol. The zero-order valence-electron chi connectivity index (χ0n) is 17.7. The maximum absolute atomic E-state index is 13.4. The van der Waals surface area contributed by atoms with Crippen LogP contribution in [-0.4, -0.2) is 51.1 Å². The molecular formula is C23H21ClN2O6S. The Bertz CT molecular complexity index is 1260. The second-order valence-corrected chi connectivity index (χ2v) is 9.89. The van der Waals surface area contributed by atoms with Crippen LogP contribution in [0, 0.1) is 5.92 Å². The number of fused-ring (bicyclic) bond motifs is 1. The minimum absolute atomic E-state index is 0.0143. The third kappa shape index (κ3) is 4.38. The van der Waals surface area contributed by atoms with Gasteiger partial charge in [0.1, 0.15) is 11.4 Å². The number of piperidine rings is 1. The molecule has 8 nitrogen and oxygen atoms in total. The number of hydrogen-bond donors (Lipinski definition) is 1. The number of methoxy groups -OCH3 is 1. The third-order valence-corrected chi connectivity index (χ3v) is 7.42. The Morgan fingerprint density at radius 2 is 1.58 bits per heavy atom. The monoisotopic (exact) mass is 488 g/mol. The highest BCUT2D eigenvalue weighted by Crippen LogP contribution is 2.31. The second-order valence-electron chi connectivity index (χ2n) is 7.77. The molecule has 10 heteroatoms. The van der Waals surface area contributed by atoms with Crippen LogP contribution in [0.25, 0.3) is 0 Å². The molecule has 172 valence electrons. The van der Waals surface area contributed by atoms with Crippen LogP contribution >= 0.6 is 11.6 Å². The van der Waals surface area contributed by atoms with Gasteiger partial charge in [-0.1, -0.05) is 35.9 Å². The topological polar surface area (TPSA) is 110 Å². The van der Waals surface area contributed by atoms with Crippen molar-refractivity contribution < 1.29 is 27.5 Å². The van der Waals surface area contributed by atoms with Crippen LogP contribution in [0.4, 0.5) is 0 Å². The summed E-state index contributed by atoms with van der Waals surface area (Å²) in [4.78, 5) is 40.2. The van der Waals surface area contributed by atoms with E-state index in [4.69, 9.17) is 16.3 Å². The van der Waals surface area contributed by atoms with Crippen molar-refractivity contribution in [2.45, 2.75) is 17.7 Å². The lowest BCUT2D eigenvalue weighted by molar-refractivity contribution is -0.146. The molecule has 0 radical (unpaired) electrons. The Labute approximate surface area is 196 Å². The van der Waals surface area contributed by atoms with Gasteiger partial charge in [0.15, 0.2) is 0 Å². The second kappa shape index (κ2) is 8.99. The Morgan fingerprint density at radius 3 is 2.15 bits per heavy atom. The maximum atomic E-state index is 13.4. The molecule has 1 aliphatic carbocycles. The number of nitrogens with one attached hydrogen (secondary N) is 1. The summed E-state index contributed by atoms with van der Waals surface area (Å²) in [6, 6.07) is 11.8. The van der Waals surface area contributed by atoms with Crippen molar-refractivity contribution in [2.75, 3.05) is 20.2 Å². The lowest BCUT2D eigenvalue weighted by atomic mass is 9.88. The van der Waals surface area contributed by atoms with Crippen molar-refractivity contribution in [1.29, 1.82) is 0 Å². The first kappa shape index (κ1) is 23.0. The molecule has 1 heterocycles. The van der Waals surface area contributed by atoms with Gasteiger partial charge in [0.25, 0.3) is 10.0 Å². The molecule has 2 aromatic rings. The average Bonchev–Trinajstić information content (AvgIpc) is 2.82.